The summed E-state index contributed by atoms with van der Waals surface area (Å²) in [4.78, 5) is 15.0. The standard InChI is InChI=1S/C19H23ClN2O3/c1-24-17-8-7-14(20)12-15(17)19(23)21-13-16(18-6-5-11-25-18)22-9-3-2-4-10-22/h5-8,11-12,16H,2-4,9-10,13H2,1H3,(H,21,23)/t16-/m1/s1. The lowest BCUT2D eigenvalue weighted by molar-refractivity contribution is 0.0911. The van der Waals surface area contributed by atoms with E-state index in [2.05, 4.69) is 10.2 Å². The van der Waals surface area contributed by atoms with Gasteiger partial charge in [0.1, 0.15) is 11.5 Å². The fraction of sp³-hybridized carbons (Fsp3) is 0.421. The molecule has 1 atom stereocenters. The third-order valence-electron chi connectivity index (χ3n) is 4.57. The number of nitrogens with one attached hydrogen (secondary N) is 1. The van der Waals surface area contributed by atoms with E-state index in [1.807, 2.05) is 12.1 Å². The molecule has 1 amide bonds. The van der Waals surface area contributed by atoms with Gasteiger partial charge in [0, 0.05) is 11.6 Å². The predicted octanol–water partition coefficient (Wildman–Crippen LogP) is 3.90. The van der Waals surface area contributed by atoms with Gasteiger partial charge in [0.15, 0.2) is 0 Å². The first-order chi connectivity index (χ1) is 12.2. The first kappa shape index (κ1) is 17.8. The van der Waals surface area contributed by atoms with Crippen LogP contribution in [0.4, 0.5) is 0 Å². The highest BCUT2D eigenvalue weighted by molar-refractivity contribution is 6.31. The summed E-state index contributed by atoms with van der Waals surface area (Å²) in [5.41, 5.74) is 0.437. The number of likely N-dealkylation sites (tertiary alicyclic amines) is 1. The summed E-state index contributed by atoms with van der Waals surface area (Å²) in [6.07, 6.45) is 5.28. The minimum absolute atomic E-state index is 0.0319. The highest BCUT2D eigenvalue weighted by Crippen LogP contribution is 2.26. The van der Waals surface area contributed by atoms with Gasteiger partial charge in [-0.25, -0.2) is 0 Å². The summed E-state index contributed by atoms with van der Waals surface area (Å²) in [7, 11) is 1.54. The van der Waals surface area contributed by atoms with Crippen LogP contribution in [0.5, 0.6) is 5.75 Å². The molecule has 1 saturated heterocycles. The van der Waals surface area contributed by atoms with Crippen molar-refractivity contribution in [2.24, 2.45) is 0 Å². The van der Waals surface area contributed by atoms with Crippen LogP contribution in [-0.2, 0) is 0 Å². The van der Waals surface area contributed by atoms with Crippen molar-refractivity contribution in [3.8, 4) is 5.75 Å². The molecule has 25 heavy (non-hydrogen) atoms. The van der Waals surface area contributed by atoms with Crippen molar-refractivity contribution in [2.45, 2.75) is 25.3 Å². The third kappa shape index (κ3) is 4.35. The van der Waals surface area contributed by atoms with E-state index in [4.69, 9.17) is 20.8 Å². The number of hydrogen-bond donors (Lipinski definition) is 1. The van der Waals surface area contributed by atoms with Crippen LogP contribution in [0.15, 0.2) is 41.0 Å². The number of nitrogens with zero attached hydrogens (tertiary/aromatic N) is 1. The van der Waals surface area contributed by atoms with Gasteiger partial charge in [-0.1, -0.05) is 18.0 Å². The number of ether oxygens (including phenoxy) is 1. The van der Waals surface area contributed by atoms with Crippen molar-refractivity contribution in [1.29, 1.82) is 0 Å². The number of halogens is 1. The molecule has 1 N–H and O–H groups in total. The second-order valence-electron chi connectivity index (χ2n) is 6.18. The van der Waals surface area contributed by atoms with Crippen LogP contribution in [-0.4, -0.2) is 37.6 Å². The Hall–Kier alpha value is -1.98. The van der Waals surface area contributed by atoms with E-state index >= 15 is 0 Å². The molecule has 3 rings (SSSR count). The quantitative estimate of drug-likeness (QED) is 0.846. The van der Waals surface area contributed by atoms with E-state index in [0.717, 1.165) is 18.8 Å². The van der Waals surface area contributed by atoms with E-state index in [0.29, 0.717) is 22.9 Å². The number of carbonyl (C=O) groups excluding carboxylic acids is 1. The van der Waals surface area contributed by atoms with Crippen molar-refractivity contribution >= 4 is 17.5 Å². The van der Waals surface area contributed by atoms with Gasteiger partial charge in [-0.05, 0) is 56.3 Å². The summed E-state index contributed by atoms with van der Waals surface area (Å²) in [5.74, 6) is 1.18. The molecule has 0 unspecified atom stereocenters. The van der Waals surface area contributed by atoms with Crippen LogP contribution in [0, 0.1) is 0 Å². The Kier molecular flexibility index (Phi) is 6.00. The van der Waals surface area contributed by atoms with Gasteiger partial charge in [-0.15, -0.1) is 0 Å². The molecule has 0 spiro atoms. The number of benzene rings is 1. The topological polar surface area (TPSA) is 54.7 Å². The third-order valence-corrected chi connectivity index (χ3v) is 4.80. The van der Waals surface area contributed by atoms with Crippen LogP contribution in [0.1, 0.15) is 41.4 Å². The minimum Gasteiger partial charge on any atom is -0.496 e. The molecule has 1 aliphatic rings. The average molecular weight is 363 g/mol. The van der Waals surface area contributed by atoms with E-state index in [1.54, 1.807) is 31.6 Å². The normalized spacial score (nSPS) is 16.4. The van der Waals surface area contributed by atoms with Gasteiger partial charge >= 0.3 is 0 Å². The van der Waals surface area contributed by atoms with Gasteiger partial charge in [0.25, 0.3) is 5.91 Å². The summed E-state index contributed by atoms with van der Waals surface area (Å²) >= 11 is 6.02. The molecular weight excluding hydrogens is 340 g/mol. The minimum atomic E-state index is -0.201. The van der Waals surface area contributed by atoms with Crippen LogP contribution in [0.25, 0.3) is 0 Å². The van der Waals surface area contributed by atoms with Crippen LogP contribution < -0.4 is 10.1 Å². The molecule has 134 valence electrons. The number of hydrogen-bond acceptors (Lipinski definition) is 4. The van der Waals surface area contributed by atoms with Crippen molar-refractivity contribution in [3.05, 3.63) is 52.9 Å². The molecule has 0 aliphatic carbocycles. The van der Waals surface area contributed by atoms with E-state index in [-0.39, 0.29) is 11.9 Å². The van der Waals surface area contributed by atoms with E-state index in [9.17, 15) is 4.79 Å². The van der Waals surface area contributed by atoms with E-state index in [1.165, 1.54) is 19.3 Å². The number of furan rings is 1. The van der Waals surface area contributed by atoms with Crippen molar-refractivity contribution in [2.75, 3.05) is 26.7 Å². The fourth-order valence-electron chi connectivity index (χ4n) is 3.26. The number of rotatable bonds is 6. The highest BCUT2D eigenvalue weighted by atomic mass is 35.5. The molecule has 2 heterocycles. The Balaban J connectivity index is 1.72. The number of carbonyl (C=O) groups is 1. The zero-order chi connectivity index (χ0) is 17.6. The maximum absolute atomic E-state index is 12.6. The molecule has 1 aliphatic heterocycles. The molecule has 6 heteroatoms. The van der Waals surface area contributed by atoms with Crippen molar-refractivity contribution < 1.29 is 13.9 Å². The predicted molar refractivity (Wildman–Crippen MR) is 97.2 cm³/mol. The highest BCUT2D eigenvalue weighted by Gasteiger charge is 2.25. The molecule has 0 radical (unpaired) electrons. The Morgan fingerprint density at radius 1 is 1.32 bits per heavy atom. The summed E-state index contributed by atoms with van der Waals surface area (Å²) in [5, 5.41) is 3.51. The van der Waals surface area contributed by atoms with Gasteiger partial charge in [-0.2, -0.15) is 0 Å². The van der Waals surface area contributed by atoms with Crippen molar-refractivity contribution in [1.82, 2.24) is 10.2 Å². The first-order valence-corrected chi connectivity index (χ1v) is 8.96. The SMILES string of the molecule is COc1ccc(Cl)cc1C(=O)NC[C@H](c1ccco1)N1CCCCC1. The van der Waals surface area contributed by atoms with Crippen LogP contribution in [0.2, 0.25) is 5.02 Å². The first-order valence-electron chi connectivity index (χ1n) is 8.58. The van der Waals surface area contributed by atoms with Crippen molar-refractivity contribution in [3.63, 3.8) is 0 Å². The Morgan fingerprint density at radius 3 is 2.80 bits per heavy atom. The second-order valence-corrected chi connectivity index (χ2v) is 6.62. The molecule has 1 aromatic heterocycles. The second kappa shape index (κ2) is 8.41. The molecule has 2 aromatic rings. The zero-order valence-corrected chi connectivity index (χ0v) is 15.1. The Morgan fingerprint density at radius 2 is 2.12 bits per heavy atom. The number of methoxy groups -OCH3 is 1. The molecule has 1 aromatic carbocycles. The summed E-state index contributed by atoms with van der Waals surface area (Å²) in [6.45, 7) is 2.51. The number of amides is 1. The largest absolute Gasteiger partial charge is 0.496 e. The lowest BCUT2D eigenvalue weighted by Crippen LogP contribution is -2.40. The smallest absolute Gasteiger partial charge is 0.255 e. The van der Waals surface area contributed by atoms with E-state index < -0.39 is 0 Å². The number of piperidine rings is 1. The maximum Gasteiger partial charge on any atom is 0.255 e. The summed E-state index contributed by atoms with van der Waals surface area (Å²) < 4.78 is 10.9. The molecule has 0 bridgehead atoms. The van der Waals surface area contributed by atoms with Gasteiger partial charge < -0.3 is 14.5 Å². The Labute approximate surface area is 152 Å². The lowest BCUT2D eigenvalue weighted by Gasteiger charge is -2.33. The van der Waals surface area contributed by atoms with Gasteiger partial charge in [0.05, 0.1) is 25.0 Å². The molecular formula is C19H23ClN2O3. The van der Waals surface area contributed by atoms with Crippen LogP contribution in [0.3, 0.4) is 0 Å². The fourth-order valence-corrected chi connectivity index (χ4v) is 3.43. The van der Waals surface area contributed by atoms with Gasteiger partial charge in [0.2, 0.25) is 0 Å². The van der Waals surface area contributed by atoms with Crippen LogP contribution >= 0.6 is 11.6 Å². The maximum atomic E-state index is 12.6. The zero-order valence-electron chi connectivity index (χ0n) is 14.3. The lowest BCUT2D eigenvalue weighted by atomic mass is 10.1. The Bertz CT molecular complexity index is 697. The summed E-state index contributed by atoms with van der Waals surface area (Å²) in [6, 6.07) is 8.91. The molecule has 0 saturated carbocycles. The molecule has 1 fully saturated rings. The average Bonchev–Trinajstić information content (AvgIpc) is 3.17. The molecule has 5 nitrogen and oxygen atoms in total. The van der Waals surface area contributed by atoms with Gasteiger partial charge in [-0.3, -0.25) is 9.69 Å². The monoisotopic (exact) mass is 362 g/mol.